The standard InChI is InChI=1S/C15H22F2N4O4S/c16-15(17)13-9-14(22)19(11-18-13)10-12-1-3-20(4-2-12)26(23,24)21-5-7-25-8-6-21/h9,11-12,15H,1-8,10H2. The highest BCUT2D eigenvalue weighted by atomic mass is 32.2. The second kappa shape index (κ2) is 8.07. The Bertz CT molecular complexity index is 772. The number of aromatic nitrogens is 2. The van der Waals surface area contributed by atoms with E-state index in [0.717, 1.165) is 12.4 Å². The molecule has 2 saturated heterocycles. The van der Waals surface area contributed by atoms with Gasteiger partial charge in [0.2, 0.25) is 0 Å². The zero-order valence-electron chi connectivity index (χ0n) is 14.3. The number of rotatable bonds is 5. The van der Waals surface area contributed by atoms with Crippen molar-refractivity contribution in [3.8, 4) is 0 Å². The van der Waals surface area contributed by atoms with E-state index in [1.54, 1.807) is 0 Å². The Morgan fingerprint density at radius 3 is 2.35 bits per heavy atom. The van der Waals surface area contributed by atoms with Gasteiger partial charge in [0, 0.05) is 38.8 Å². The summed E-state index contributed by atoms with van der Waals surface area (Å²) in [5.41, 5.74) is -1.05. The Morgan fingerprint density at radius 2 is 1.77 bits per heavy atom. The molecule has 0 aliphatic carbocycles. The van der Waals surface area contributed by atoms with Gasteiger partial charge in [0.15, 0.2) is 0 Å². The molecule has 146 valence electrons. The summed E-state index contributed by atoms with van der Waals surface area (Å²) in [4.78, 5) is 15.5. The molecule has 2 aliphatic heterocycles. The number of morpholine rings is 1. The predicted molar refractivity (Wildman–Crippen MR) is 89.1 cm³/mol. The smallest absolute Gasteiger partial charge is 0.282 e. The van der Waals surface area contributed by atoms with Gasteiger partial charge < -0.3 is 4.74 Å². The Morgan fingerprint density at radius 1 is 1.15 bits per heavy atom. The van der Waals surface area contributed by atoms with Crippen molar-refractivity contribution in [2.24, 2.45) is 5.92 Å². The minimum absolute atomic E-state index is 0.100. The van der Waals surface area contributed by atoms with E-state index in [1.807, 2.05) is 0 Å². The van der Waals surface area contributed by atoms with E-state index in [9.17, 15) is 22.0 Å². The van der Waals surface area contributed by atoms with E-state index in [4.69, 9.17) is 4.74 Å². The van der Waals surface area contributed by atoms with Crippen LogP contribution in [0.15, 0.2) is 17.2 Å². The third-order valence-electron chi connectivity index (χ3n) is 4.78. The van der Waals surface area contributed by atoms with Crippen molar-refractivity contribution in [2.45, 2.75) is 25.8 Å². The normalized spacial score (nSPS) is 21.3. The van der Waals surface area contributed by atoms with Crippen LogP contribution < -0.4 is 5.56 Å². The summed E-state index contributed by atoms with van der Waals surface area (Å²) in [6.45, 7) is 2.63. The first-order valence-corrected chi connectivity index (χ1v) is 9.95. The molecule has 8 nitrogen and oxygen atoms in total. The summed E-state index contributed by atoms with van der Waals surface area (Å²) in [6.07, 6.45) is -0.425. The van der Waals surface area contributed by atoms with Crippen molar-refractivity contribution in [2.75, 3.05) is 39.4 Å². The van der Waals surface area contributed by atoms with E-state index in [-0.39, 0.29) is 5.92 Å². The van der Waals surface area contributed by atoms with Gasteiger partial charge in [-0.05, 0) is 18.8 Å². The number of nitrogens with zero attached hydrogens (tertiary/aromatic N) is 4. The average molecular weight is 392 g/mol. The molecule has 0 radical (unpaired) electrons. The maximum Gasteiger partial charge on any atom is 0.282 e. The number of piperidine rings is 1. The highest BCUT2D eigenvalue weighted by Gasteiger charge is 2.33. The van der Waals surface area contributed by atoms with Crippen LogP contribution in [0.1, 0.15) is 25.0 Å². The van der Waals surface area contributed by atoms with Crippen LogP contribution in [0.2, 0.25) is 0 Å². The Labute approximate surface area is 150 Å². The number of ether oxygens (including phenoxy) is 1. The van der Waals surface area contributed by atoms with Crippen molar-refractivity contribution in [1.82, 2.24) is 18.2 Å². The van der Waals surface area contributed by atoms with Gasteiger partial charge in [-0.25, -0.2) is 13.8 Å². The molecule has 0 N–H and O–H groups in total. The molecule has 0 amide bonds. The van der Waals surface area contributed by atoms with Crippen molar-refractivity contribution in [3.63, 3.8) is 0 Å². The lowest BCUT2D eigenvalue weighted by Gasteiger charge is -2.36. The van der Waals surface area contributed by atoms with Crippen LogP contribution in [-0.2, 0) is 21.5 Å². The third-order valence-corrected chi connectivity index (χ3v) is 6.81. The van der Waals surface area contributed by atoms with Crippen LogP contribution in [0, 0.1) is 5.92 Å². The molecular formula is C15H22F2N4O4S. The SMILES string of the molecule is O=c1cc(C(F)F)ncn1CC1CCN(S(=O)(=O)N2CCOCC2)CC1. The van der Waals surface area contributed by atoms with Gasteiger partial charge >= 0.3 is 0 Å². The molecule has 1 aromatic heterocycles. The van der Waals surface area contributed by atoms with Crippen molar-refractivity contribution < 1.29 is 21.9 Å². The van der Waals surface area contributed by atoms with Crippen molar-refractivity contribution in [1.29, 1.82) is 0 Å². The third kappa shape index (κ3) is 4.27. The fraction of sp³-hybridized carbons (Fsp3) is 0.733. The summed E-state index contributed by atoms with van der Waals surface area (Å²) >= 11 is 0. The molecule has 2 fully saturated rings. The molecular weight excluding hydrogens is 370 g/mol. The van der Waals surface area contributed by atoms with Crippen LogP contribution in [0.5, 0.6) is 0 Å². The molecule has 2 aliphatic rings. The van der Waals surface area contributed by atoms with Gasteiger partial charge in [-0.15, -0.1) is 0 Å². The van der Waals surface area contributed by atoms with Gasteiger partial charge in [-0.1, -0.05) is 0 Å². The first kappa shape index (κ1) is 19.3. The second-order valence-corrected chi connectivity index (χ2v) is 8.40. The molecule has 0 unspecified atom stereocenters. The summed E-state index contributed by atoms with van der Waals surface area (Å²) in [5, 5.41) is 0. The maximum atomic E-state index is 12.6. The van der Waals surface area contributed by atoms with E-state index in [1.165, 1.54) is 13.2 Å². The lowest BCUT2D eigenvalue weighted by atomic mass is 9.98. The molecule has 0 atom stereocenters. The molecule has 0 spiro atoms. The van der Waals surface area contributed by atoms with Gasteiger partial charge in [0.05, 0.1) is 19.5 Å². The lowest BCUT2D eigenvalue weighted by molar-refractivity contribution is 0.0692. The summed E-state index contributed by atoms with van der Waals surface area (Å²) in [7, 11) is -3.48. The average Bonchev–Trinajstić information content (AvgIpc) is 2.64. The molecule has 26 heavy (non-hydrogen) atoms. The highest BCUT2D eigenvalue weighted by Crippen LogP contribution is 2.23. The fourth-order valence-electron chi connectivity index (χ4n) is 3.24. The Balaban J connectivity index is 1.58. The second-order valence-electron chi connectivity index (χ2n) is 6.47. The van der Waals surface area contributed by atoms with Crippen LogP contribution in [0.25, 0.3) is 0 Å². The summed E-state index contributed by atoms with van der Waals surface area (Å²) in [6, 6.07) is 0.850. The predicted octanol–water partition coefficient (Wildman–Crippen LogP) is 0.470. The first-order chi connectivity index (χ1) is 12.4. The number of halogens is 2. The molecule has 0 bridgehead atoms. The monoisotopic (exact) mass is 392 g/mol. The zero-order chi connectivity index (χ0) is 18.7. The van der Waals surface area contributed by atoms with E-state index in [0.29, 0.717) is 58.8 Å². The molecule has 11 heteroatoms. The summed E-state index contributed by atoms with van der Waals surface area (Å²) in [5.74, 6) is 0.100. The minimum atomic E-state index is -3.48. The van der Waals surface area contributed by atoms with Gasteiger partial charge in [-0.3, -0.25) is 9.36 Å². The maximum absolute atomic E-state index is 12.6. The highest BCUT2D eigenvalue weighted by molar-refractivity contribution is 7.86. The van der Waals surface area contributed by atoms with Crippen LogP contribution in [0.4, 0.5) is 8.78 Å². The molecule has 0 aromatic carbocycles. The van der Waals surface area contributed by atoms with E-state index >= 15 is 0 Å². The van der Waals surface area contributed by atoms with Gasteiger partial charge in [0.25, 0.3) is 22.2 Å². The Kier molecular flexibility index (Phi) is 6.00. The quantitative estimate of drug-likeness (QED) is 0.727. The number of hydrogen-bond acceptors (Lipinski definition) is 5. The van der Waals surface area contributed by atoms with E-state index in [2.05, 4.69) is 4.98 Å². The van der Waals surface area contributed by atoms with Crippen LogP contribution >= 0.6 is 0 Å². The number of alkyl halides is 2. The van der Waals surface area contributed by atoms with E-state index < -0.39 is 27.9 Å². The zero-order valence-corrected chi connectivity index (χ0v) is 15.1. The van der Waals surface area contributed by atoms with Crippen molar-refractivity contribution in [3.05, 3.63) is 28.4 Å². The molecule has 1 aromatic rings. The van der Waals surface area contributed by atoms with Gasteiger partial charge in [0.1, 0.15) is 5.69 Å². The van der Waals surface area contributed by atoms with Crippen LogP contribution in [0.3, 0.4) is 0 Å². The molecule has 3 rings (SSSR count). The lowest BCUT2D eigenvalue weighted by Crippen LogP contribution is -2.51. The largest absolute Gasteiger partial charge is 0.379 e. The first-order valence-electron chi connectivity index (χ1n) is 8.55. The molecule has 0 saturated carbocycles. The minimum Gasteiger partial charge on any atom is -0.379 e. The number of hydrogen-bond donors (Lipinski definition) is 0. The topological polar surface area (TPSA) is 84.7 Å². The van der Waals surface area contributed by atoms with Gasteiger partial charge in [-0.2, -0.15) is 17.0 Å². The molecule has 3 heterocycles. The van der Waals surface area contributed by atoms with Crippen molar-refractivity contribution >= 4 is 10.2 Å². The van der Waals surface area contributed by atoms with Crippen LogP contribution in [-0.4, -0.2) is 66.0 Å². The Hall–Kier alpha value is -1.43. The summed E-state index contributed by atoms with van der Waals surface area (Å²) < 4.78 is 59.8. The fourth-order valence-corrected chi connectivity index (χ4v) is 4.85.